The quantitative estimate of drug-likeness (QED) is 0.636. The molecule has 1 aromatic rings. The maximum absolute atomic E-state index is 13.0. The van der Waals surface area contributed by atoms with Crippen LogP contribution < -0.4 is 10.0 Å². The Morgan fingerprint density at radius 3 is 2.72 bits per heavy atom. The third-order valence-corrected chi connectivity index (χ3v) is 3.01. The van der Waals surface area contributed by atoms with Crippen molar-refractivity contribution in [2.24, 2.45) is 0 Å². The van der Waals surface area contributed by atoms with E-state index in [1.807, 2.05) is 0 Å². The van der Waals surface area contributed by atoms with Crippen molar-refractivity contribution in [1.29, 1.82) is 0 Å². The van der Waals surface area contributed by atoms with Crippen molar-refractivity contribution >= 4 is 10.0 Å². The molecule has 1 aromatic carbocycles. The van der Waals surface area contributed by atoms with E-state index in [1.165, 1.54) is 12.1 Å². The average Bonchev–Trinajstić information content (AvgIpc) is 2.27. The first-order valence-corrected chi connectivity index (χ1v) is 7.41. The van der Waals surface area contributed by atoms with Crippen LogP contribution in [-0.2, 0) is 16.6 Å². The largest absolute Gasteiger partial charge is 0.505 e. The SMILES string of the molecule is CS(=O)(=O)NCCCNCc1cccc(F)c1O. The van der Waals surface area contributed by atoms with Crippen LogP contribution >= 0.6 is 0 Å². The number of hydrogen-bond acceptors (Lipinski definition) is 4. The number of para-hydroxylation sites is 1. The molecule has 0 heterocycles. The van der Waals surface area contributed by atoms with E-state index in [2.05, 4.69) is 10.0 Å². The van der Waals surface area contributed by atoms with Crippen LogP contribution in [0.5, 0.6) is 5.75 Å². The molecule has 0 spiro atoms. The van der Waals surface area contributed by atoms with Crippen molar-refractivity contribution in [3.8, 4) is 5.75 Å². The molecular weight excluding hydrogens is 259 g/mol. The third kappa shape index (κ3) is 5.44. The molecule has 0 aliphatic carbocycles. The summed E-state index contributed by atoms with van der Waals surface area (Å²) in [5.41, 5.74) is 0.478. The molecule has 0 aliphatic heterocycles. The fourth-order valence-corrected chi connectivity index (χ4v) is 1.91. The summed E-state index contributed by atoms with van der Waals surface area (Å²) in [4.78, 5) is 0. The Balaban J connectivity index is 2.24. The van der Waals surface area contributed by atoms with Crippen LogP contribution in [0.4, 0.5) is 4.39 Å². The number of phenolic OH excluding ortho intramolecular Hbond substituents is 1. The molecule has 0 aliphatic rings. The summed E-state index contributed by atoms with van der Waals surface area (Å²) >= 11 is 0. The minimum absolute atomic E-state index is 0.336. The Morgan fingerprint density at radius 1 is 1.33 bits per heavy atom. The van der Waals surface area contributed by atoms with Gasteiger partial charge < -0.3 is 10.4 Å². The lowest BCUT2D eigenvalue weighted by atomic mass is 10.2. The first-order chi connectivity index (χ1) is 8.40. The highest BCUT2D eigenvalue weighted by atomic mass is 32.2. The second kappa shape index (κ2) is 6.67. The van der Waals surface area contributed by atoms with E-state index >= 15 is 0 Å². The molecule has 1 rings (SSSR count). The molecular formula is C11H17FN2O3S. The fraction of sp³-hybridized carbons (Fsp3) is 0.455. The van der Waals surface area contributed by atoms with E-state index in [1.54, 1.807) is 6.07 Å². The standard InChI is InChI=1S/C11H17FN2O3S/c1-18(16,17)14-7-3-6-13-8-9-4-2-5-10(12)11(9)15/h2,4-5,13-15H,3,6-8H2,1H3. The highest BCUT2D eigenvalue weighted by molar-refractivity contribution is 7.88. The molecule has 0 bridgehead atoms. The monoisotopic (exact) mass is 276 g/mol. The highest BCUT2D eigenvalue weighted by Crippen LogP contribution is 2.19. The summed E-state index contributed by atoms with van der Waals surface area (Å²) in [6, 6.07) is 4.34. The lowest BCUT2D eigenvalue weighted by molar-refractivity contribution is 0.423. The van der Waals surface area contributed by atoms with Gasteiger partial charge in [0.15, 0.2) is 11.6 Å². The summed E-state index contributed by atoms with van der Waals surface area (Å²) in [6.07, 6.45) is 1.72. The number of phenols is 1. The van der Waals surface area contributed by atoms with Crippen molar-refractivity contribution in [1.82, 2.24) is 10.0 Å². The number of aromatic hydroxyl groups is 1. The highest BCUT2D eigenvalue weighted by Gasteiger charge is 2.05. The molecule has 0 saturated heterocycles. The van der Waals surface area contributed by atoms with Gasteiger partial charge in [0.25, 0.3) is 0 Å². The van der Waals surface area contributed by atoms with E-state index in [-0.39, 0.29) is 5.75 Å². The minimum atomic E-state index is -3.14. The zero-order valence-electron chi connectivity index (χ0n) is 10.1. The van der Waals surface area contributed by atoms with Crippen LogP contribution in [0.2, 0.25) is 0 Å². The van der Waals surface area contributed by atoms with Crippen LogP contribution in [0.3, 0.4) is 0 Å². The number of nitrogens with one attached hydrogen (secondary N) is 2. The molecule has 0 atom stereocenters. The third-order valence-electron chi connectivity index (χ3n) is 2.28. The normalized spacial score (nSPS) is 11.7. The van der Waals surface area contributed by atoms with Crippen LogP contribution in [0, 0.1) is 5.82 Å². The number of hydrogen-bond donors (Lipinski definition) is 3. The Kier molecular flexibility index (Phi) is 5.52. The molecule has 7 heteroatoms. The smallest absolute Gasteiger partial charge is 0.208 e. The summed E-state index contributed by atoms with van der Waals surface area (Å²) in [5, 5.41) is 12.4. The molecule has 3 N–H and O–H groups in total. The lowest BCUT2D eigenvalue weighted by Crippen LogP contribution is -2.26. The van der Waals surface area contributed by atoms with Gasteiger partial charge in [-0.1, -0.05) is 12.1 Å². The van der Waals surface area contributed by atoms with Gasteiger partial charge in [-0.05, 0) is 19.0 Å². The molecule has 0 saturated carbocycles. The van der Waals surface area contributed by atoms with E-state index in [0.717, 1.165) is 6.26 Å². The van der Waals surface area contributed by atoms with Gasteiger partial charge in [-0.15, -0.1) is 0 Å². The van der Waals surface area contributed by atoms with Gasteiger partial charge in [0, 0.05) is 18.7 Å². The predicted molar refractivity (Wildman–Crippen MR) is 67.2 cm³/mol. The summed E-state index contributed by atoms with van der Waals surface area (Å²) in [7, 11) is -3.14. The Bertz CT molecular complexity index is 491. The summed E-state index contributed by atoms with van der Waals surface area (Å²) < 4.78 is 36.9. The van der Waals surface area contributed by atoms with Crippen molar-refractivity contribution in [2.75, 3.05) is 19.3 Å². The molecule has 18 heavy (non-hydrogen) atoms. The number of benzene rings is 1. The minimum Gasteiger partial charge on any atom is -0.505 e. The second-order valence-corrected chi connectivity index (χ2v) is 5.78. The Morgan fingerprint density at radius 2 is 2.06 bits per heavy atom. The first-order valence-electron chi connectivity index (χ1n) is 5.52. The van der Waals surface area contributed by atoms with Crippen molar-refractivity contribution in [2.45, 2.75) is 13.0 Å². The zero-order valence-corrected chi connectivity index (χ0v) is 10.9. The van der Waals surface area contributed by atoms with Crippen LogP contribution in [0.25, 0.3) is 0 Å². The second-order valence-electron chi connectivity index (χ2n) is 3.94. The molecule has 102 valence electrons. The van der Waals surface area contributed by atoms with Crippen LogP contribution in [0.15, 0.2) is 18.2 Å². The predicted octanol–water partition coefficient (Wildman–Crippen LogP) is 0.560. The summed E-state index contributed by atoms with van der Waals surface area (Å²) in [5.74, 6) is -0.993. The van der Waals surface area contributed by atoms with Gasteiger partial charge >= 0.3 is 0 Å². The molecule has 0 radical (unpaired) electrons. The van der Waals surface area contributed by atoms with Gasteiger partial charge in [-0.3, -0.25) is 0 Å². The molecule has 0 amide bonds. The average molecular weight is 276 g/mol. The zero-order chi connectivity index (χ0) is 13.6. The first kappa shape index (κ1) is 14.9. The number of rotatable bonds is 7. The molecule has 0 fully saturated rings. The van der Waals surface area contributed by atoms with Crippen LogP contribution in [-0.4, -0.2) is 32.9 Å². The van der Waals surface area contributed by atoms with E-state index in [4.69, 9.17) is 0 Å². The van der Waals surface area contributed by atoms with Gasteiger partial charge in [-0.25, -0.2) is 17.5 Å². The number of sulfonamides is 1. The maximum Gasteiger partial charge on any atom is 0.208 e. The van der Waals surface area contributed by atoms with E-state index in [0.29, 0.717) is 31.6 Å². The Labute approximate surface area is 106 Å². The van der Waals surface area contributed by atoms with E-state index < -0.39 is 15.8 Å². The van der Waals surface area contributed by atoms with Crippen molar-refractivity contribution < 1.29 is 17.9 Å². The van der Waals surface area contributed by atoms with E-state index in [9.17, 15) is 17.9 Å². The molecule has 5 nitrogen and oxygen atoms in total. The van der Waals surface area contributed by atoms with Gasteiger partial charge in [0.1, 0.15) is 0 Å². The maximum atomic E-state index is 13.0. The fourth-order valence-electron chi connectivity index (χ4n) is 1.40. The molecule has 0 aromatic heterocycles. The van der Waals surface area contributed by atoms with Gasteiger partial charge in [-0.2, -0.15) is 0 Å². The topological polar surface area (TPSA) is 78.4 Å². The lowest BCUT2D eigenvalue weighted by Gasteiger charge is -2.07. The van der Waals surface area contributed by atoms with Gasteiger partial charge in [0.05, 0.1) is 6.26 Å². The Hall–Kier alpha value is -1.18. The molecule has 0 unspecified atom stereocenters. The van der Waals surface area contributed by atoms with Crippen molar-refractivity contribution in [3.05, 3.63) is 29.6 Å². The summed E-state index contributed by atoms with van der Waals surface area (Å²) in [6.45, 7) is 1.25. The van der Waals surface area contributed by atoms with Gasteiger partial charge in [0.2, 0.25) is 10.0 Å². The number of halogens is 1. The van der Waals surface area contributed by atoms with Crippen molar-refractivity contribution in [3.63, 3.8) is 0 Å². The van der Waals surface area contributed by atoms with Crippen LogP contribution in [0.1, 0.15) is 12.0 Å².